The number of hydrogen-bond donors (Lipinski definition) is 2. The average Bonchev–Trinajstić information content (AvgIpc) is 3.96. The molecule has 0 radical (unpaired) electrons. The summed E-state index contributed by atoms with van der Waals surface area (Å²) in [6, 6.07) is 21.2. The highest BCUT2D eigenvalue weighted by Crippen LogP contribution is 2.39. The van der Waals surface area contributed by atoms with Crippen LogP contribution >= 0.6 is 15.9 Å². The number of halogens is 2. The number of hydrogen-bond acceptors (Lipinski definition) is 5. The maximum atomic E-state index is 14.9. The zero-order chi connectivity index (χ0) is 37.0. The van der Waals surface area contributed by atoms with Crippen molar-refractivity contribution in [3.63, 3.8) is 0 Å². The van der Waals surface area contributed by atoms with Gasteiger partial charge in [0.15, 0.2) is 0 Å². The molecule has 3 aliphatic rings. The van der Waals surface area contributed by atoms with Crippen LogP contribution in [0.25, 0.3) is 5.57 Å². The lowest BCUT2D eigenvalue weighted by atomic mass is 9.78. The SMILES string of the molecule is Cc1ccc(CCN(C(=O)[C@@]23CC(c4ccc(CCCOc5cc(F)ccc5Br)cc4)=C[C@@H](CN(C(=O)CCC(C)(C)C(=O)O)C2)N3)C2CC2)cc1. The Morgan fingerprint density at radius 1 is 1.04 bits per heavy atom. The molecule has 276 valence electrons. The molecule has 2 aliphatic heterocycles. The van der Waals surface area contributed by atoms with E-state index in [1.165, 1.54) is 23.3 Å². The summed E-state index contributed by atoms with van der Waals surface area (Å²) in [6.45, 7) is 7.06. The van der Waals surface area contributed by atoms with Crippen molar-refractivity contribution < 1.29 is 28.6 Å². The summed E-state index contributed by atoms with van der Waals surface area (Å²) in [4.78, 5) is 44.1. The van der Waals surface area contributed by atoms with Gasteiger partial charge in [-0.15, -0.1) is 0 Å². The van der Waals surface area contributed by atoms with Crippen LogP contribution in [0, 0.1) is 18.2 Å². The Kier molecular flexibility index (Phi) is 11.6. The number of aliphatic carboxylic acids is 1. The molecule has 10 heteroatoms. The van der Waals surface area contributed by atoms with Crippen LogP contribution in [-0.4, -0.2) is 76.6 Å². The fraction of sp³-hybridized carbons (Fsp3) is 0.452. The fourth-order valence-electron chi connectivity index (χ4n) is 7.23. The number of amides is 2. The summed E-state index contributed by atoms with van der Waals surface area (Å²) in [7, 11) is 0. The molecule has 2 bridgehead atoms. The molecule has 0 aromatic heterocycles. The van der Waals surface area contributed by atoms with Gasteiger partial charge in [-0.1, -0.05) is 60.2 Å². The largest absolute Gasteiger partial charge is 0.492 e. The molecular weight excluding hydrogens is 725 g/mol. The van der Waals surface area contributed by atoms with Gasteiger partial charge in [0, 0.05) is 50.6 Å². The molecule has 0 spiro atoms. The third-order valence-electron chi connectivity index (χ3n) is 10.6. The number of benzene rings is 3. The van der Waals surface area contributed by atoms with E-state index in [-0.39, 0.29) is 49.1 Å². The smallest absolute Gasteiger partial charge is 0.309 e. The Balaban J connectivity index is 1.18. The molecule has 2 amide bonds. The molecular formula is C42H49BrFN3O5. The lowest BCUT2D eigenvalue weighted by molar-refractivity contribution is -0.148. The summed E-state index contributed by atoms with van der Waals surface area (Å²) in [5.41, 5.74) is 3.65. The Bertz CT molecular complexity index is 1810. The lowest BCUT2D eigenvalue weighted by Crippen LogP contribution is -2.72. The Hall–Kier alpha value is -4.02. The number of piperazine rings is 1. The van der Waals surface area contributed by atoms with E-state index in [0.717, 1.165) is 53.3 Å². The van der Waals surface area contributed by atoms with Gasteiger partial charge in [0.1, 0.15) is 17.1 Å². The summed E-state index contributed by atoms with van der Waals surface area (Å²) in [6.07, 6.45) is 7.19. The van der Waals surface area contributed by atoms with Crippen LogP contribution < -0.4 is 10.1 Å². The summed E-state index contributed by atoms with van der Waals surface area (Å²) >= 11 is 3.41. The van der Waals surface area contributed by atoms with Gasteiger partial charge in [0.2, 0.25) is 11.8 Å². The number of fused-ring (bicyclic) bond motifs is 2. The maximum absolute atomic E-state index is 14.9. The minimum atomic E-state index is -1.02. The van der Waals surface area contributed by atoms with E-state index in [0.29, 0.717) is 31.9 Å². The van der Waals surface area contributed by atoms with Gasteiger partial charge >= 0.3 is 5.97 Å². The van der Waals surface area contributed by atoms with Crippen LogP contribution in [0.15, 0.2) is 77.3 Å². The van der Waals surface area contributed by atoms with E-state index in [4.69, 9.17) is 4.74 Å². The average molecular weight is 775 g/mol. The lowest BCUT2D eigenvalue weighted by Gasteiger charge is -2.50. The van der Waals surface area contributed by atoms with E-state index in [1.54, 1.807) is 24.8 Å². The second-order valence-corrected chi connectivity index (χ2v) is 16.2. The number of ether oxygens (including phenoxy) is 1. The van der Waals surface area contributed by atoms with Crippen LogP contribution in [0.4, 0.5) is 4.39 Å². The first-order valence-corrected chi connectivity index (χ1v) is 19.1. The third-order valence-corrected chi connectivity index (χ3v) is 11.3. The number of carboxylic acids is 1. The van der Waals surface area contributed by atoms with Crippen LogP contribution in [0.1, 0.15) is 74.6 Å². The van der Waals surface area contributed by atoms with E-state index < -0.39 is 16.9 Å². The predicted octanol–water partition coefficient (Wildman–Crippen LogP) is 7.36. The van der Waals surface area contributed by atoms with E-state index in [1.807, 2.05) is 4.90 Å². The van der Waals surface area contributed by atoms with E-state index >= 15 is 0 Å². The zero-order valence-corrected chi connectivity index (χ0v) is 31.9. The van der Waals surface area contributed by atoms with Gasteiger partial charge in [0.25, 0.3) is 0 Å². The first-order chi connectivity index (χ1) is 24.8. The molecule has 3 aromatic rings. The zero-order valence-electron chi connectivity index (χ0n) is 30.3. The topological polar surface area (TPSA) is 99.2 Å². The highest BCUT2D eigenvalue weighted by molar-refractivity contribution is 9.10. The highest BCUT2D eigenvalue weighted by atomic mass is 79.9. The maximum Gasteiger partial charge on any atom is 0.309 e. The van der Waals surface area contributed by atoms with Gasteiger partial charge in [-0.3, -0.25) is 19.7 Å². The van der Waals surface area contributed by atoms with Crippen molar-refractivity contribution in [1.29, 1.82) is 0 Å². The van der Waals surface area contributed by atoms with Crippen LogP contribution in [0.5, 0.6) is 5.75 Å². The minimum Gasteiger partial charge on any atom is -0.492 e. The molecule has 2 heterocycles. The van der Waals surface area contributed by atoms with Crippen LogP contribution in [0.2, 0.25) is 0 Å². The van der Waals surface area contributed by atoms with Gasteiger partial charge in [0.05, 0.1) is 16.5 Å². The molecule has 2 atom stereocenters. The summed E-state index contributed by atoms with van der Waals surface area (Å²) in [5.74, 6) is -0.868. The predicted molar refractivity (Wildman–Crippen MR) is 203 cm³/mol. The molecule has 0 unspecified atom stereocenters. The van der Waals surface area contributed by atoms with Gasteiger partial charge < -0.3 is 19.6 Å². The van der Waals surface area contributed by atoms with Crippen LogP contribution in [-0.2, 0) is 27.2 Å². The minimum absolute atomic E-state index is 0.0302. The number of nitrogens with one attached hydrogen (secondary N) is 1. The Morgan fingerprint density at radius 2 is 1.73 bits per heavy atom. The first kappa shape index (κ1) is 37.7. The monoisotopic (exact) mass is 773 g/mol. The molecule has 3 aromatic carbocycles. The normalized spacial score (nSPS) is 19.9. The molecule has 1 saturated heterocycles. The van der Waals surface area contributed by atoms with Crippen molar-refractivity contribution in [1.82, 2.24) is 15.1 Å². The Morgan fingerprint density at radius 3 is 2.42 bits per heavy atom. The molecule has 52 heavy (non-hydrogen) atoms. The van der Waals surface area contributed by atoms with Crippen molar-refractivity contribution in [3.05, 3.63) is 105 Å². The number of aryl methyl sites for hydroxylation is 2. The number of nitrogens with zero attached hydrogens (tertiary/aromatic N) is 2. The molecule has 8 nitrogen and oxygen atoms in total. The second-order valence-electron chi connectivity index (χ2n) is 15.4. The van der Waals surface area contributed by atoms with Gasteiger partial charge in [-0.2, -0.15) is 0 Å². The molecule has 1 saturated carbocycles. The number of rotatable bonds is 15. The quantitative estimate of drug-likeness (QED) is 0.157. The third kappa shape index (κ3) is 9.12. The van der Waals surface area contributed by atoms with Gasteiger partial charge in [-0.25, -0.2) is 4.39 Å². The summed E-state index contributed by atoms with van der Waals surface area (Å²) in [5, 5.41) is 13.3. The standard InChI is InChI=1S/C42H49BrFN3O5/c1-28-6-8-30(9-7-28)19-21-47(35-15-16-35)39(49)42-25-32(23-34(45-42)26-46(27-42)38(48)18-20-41(2,3)40(50)51)31-12-10-29(11-13-31)5-4-22-52-37-24-33(44)14-17-36(37)43/h6-14,17,23-24,34-35,45H,4-5,15-16,18-22,25-27H2,1-3H3,(H,50,51)/t34-,42+/m0/s1. The number of carbonyl (C=O) groups is 3. The van der Waals surface area contributed by atoms with Crippen molar-refractivity contribution >= 4 is 39.3 Å². The molecule has 6 rings (SSSR count). The molecule has 2 N–H and O–H groups in total. The van der Waals surface area contributed by atoms with Crippen molar-refractivity contribution in [2.75, 3.05) is 26.2 Å². The summed E-state index contributed by atoms with van der Waals surface area (Å²) < 4.78 is 20.1. The second kappa shape index (κ2) is 15.9. The van der Waals surface area contributed by atoms with Gasteiger partial charge in [-0.05, 0) is 110 Å². The number of carboxylic acid groups (broad SMARTS) is 1. The molecule has 1 aliphatic carbocycles. The number of carbonyl (C=O) groups excluding carboxylic acids is 2. The first-order valence-electron chi connectivity index (χ1n) is 18.4. The fourth-order valence-corrected chi connectivity index (χ4v) is 7.59. The van der Waals surface area contributed by atoms with Crippen molar-refractivity contribution in [2.45, 2.75) is 89.8 Å². The van der Waals surface area contributed by atoms with Crippen molar-refractivity contribution in [2.24, 2.45) is 5.41 Å². The van der Waals surface area contributed by atoms with Crippen molar-refractivity contribution in [3.8, 4) is 5.75 Å². The van der Waals surface area contributed by atoms with Crippen LogP contribution in [0.3, 0.4) is 0 Å². The van der Waals surface area contributed by atoms with E-state index in [9.17, 15) is 23.9 Å². The highest BCUT2D eigenvalue weighted by Gasteiger charge is 2.52. The molecule has 2 fully saturated rings. The van der Waals surface area contributed by atoms with E-state index in [2.05, 4.69) is 82.8 Å². The Labute approximate surface area is 314 Å².